The van der Waals surface area contributed by atoms with Gasteiger partial charge in [-0.1, -0.05) is 6.07 Å². The molecular formula is C22H20N6O3S. The SMILES string of the molecule is N#Cc1cccc(NC(=S)N[C@H]2CO[C@H]3[C@@H]2OC[C@@H]3Nc2nccc(-c3ccco3)n2)c1. The summed E-state index contributed by atoms with van der Waals surface area (Å²) in [6.07, 6.45) is 2.98. The van der Waals surface area contributed by atoms with Crippen LogP contribution in [0.1, 0.15) is 5.56 Å². The highest BCUT2D eigenvalue weighted by Gasteiger charge is 2.48. The van der Waals surface area contributed by atoms with Gasteiger partial charge in [-0.15, -0.1) is 0 Å². The summed E-state index contributed by atoms with van der Waals surface area (Å²) in [6, 6.07) is 14.5. The van der Waals surface area contributed by atoms with Crippen molar-refractivity contribution in [1.82, 2.24) is 15.3 Å². The Morgan fingerprint density at radius 3 is 2.75 bits per heavy atom. The predicted molar refractivity (Wildman–Crippen MR) is 121 cm³/mol. The standard InChI is InChI=1S/C22H20N6O3S/c23-10-13-3-1-4-14(9-13)25-22(32)28-17-12-31-19-16(11-30-20(17)19)27-21-24-7-6-15(26-21)18-5-2-8-29-18/h1-9,16-17,19-20H,11-12H2,(H,24,26,27)(H2,25,28,32)/t16-,17-,19+,20+/m0/s1. The van der Waals surface area contributed by atoms with Crippen LogP contribution in [0.15, 0.2) is 59.3 Å². The van der Waals surface area contributed by atoms with Crippen LogP contribution in [0.4, 0.5) is 11.6 Å². The lowest BCUT2D eigenvalue weighted by molar-refractivity contribution is 0.0689. The minimum Gasteiger partial charge on any atom is -0.463 e. The third kappa shape index (κ3) is 4.27. The Morgan fingerprint density at radius 2 is 1.94 bits per heavy atom. The second kappa shape index (κ2) is 8.92. The molecule has 9 nitrogen and oxygen atoms in total. The lowest BCUT2D eigenvalue weighted by Crippen LogP contribution is -2.46. The smallest absolute Gasteiger partial charge is 0.223 e. The zero-order valence-electron chi connectivity index (χ0n) is 16.9. The number of anilines is 2. The van der Waals surface area contributed by atoms with Crippen molar-refractivity contribution >= 4 is 29.0 Å². The third-order valence-electron chi connectivity index (χ3n) is 5.36. The lowest BCUT2D eigenvalue weighted by Gasteiger charge is -2.20. The van der Waals surface area contributed by atoms with Crippen LogP contribution in [-0.2, 0) is 9.47 Å². The number of rotatable bonds is 5. The van der Waals surface area contributed by atoms with Gasteiger partial charge in [-0.05, 0) is 48.6 Å². The van der Waals surface area contributed by atoms with Crippen molar-refractivity contribution in [3.63, 3.8) is 0 Å². The zero-order chi connectivity index (χ0) is 21.9. The topological polar surface area (TPSA) is 117 Å². The summed E-state index contributed by atoms with van der Waals surface area (Å²) in [5.74, 6) is 1.17. The molecule has 0 amide bonds. The van der Waals surface area contributed by atoms with Crippen molar-refractivity contribution < 1.29 is 13.9 Å². The third-order valence-corrected chi connectivity index (χ3v) is 5.58. The summed E-state index contributed by atoms with van der Waals surface area (Å²) < 4.78 is 17.4. The molecule has 0 unspecified atom stereocenters. The maximum atomic E-state index is 9.04. The fraction of sp³-hybridized carbons (Fsp3) is 0.273. The molecule has 5 rings (SSSR count). The number of hydrogen-bond donors (Lipinski definition) is 3. The van der Waals surface area contributed by atoms with Crippen molar-refractivity contribution in [3.8, 4) is 17.5 Å². The fourth-order valence-electron chi connectivity index (χ4n) is 3.90. The van der Waals surface area contributed by atoms with Crippen molar-refractivity contribution in [2.45, 2.75) is 24.3 Å². The first-order valence-electron chi connectivity index (χ1n) is 10.1. The number of nitriles is 1. The molecule has 0 saturated carbocycles. The Labute approximate surface area is 189 Å². The van der Waals surface area contributed by atoms with Crippen molar-refractivity contribution in [1.29, 1.82) is 5.26 Å². The first-order valence-corrected chi connectivity index (χ1v) is 10.5. The normalized spacial score (nSPS) is 23.8. The molecular weight excluding hydrogens is 428 g/mol. The van der Waals surface area contributed by atoms with Crippen LogP contribution in [0.3, 0.4) is 0 Å². The van der Waals surface area contributed by atoms with E-state index in [0.717, 1.165) is 5.69 Å². The number of aromatic nitrogens is 2. The molecule has 0 aliphatic carbocycles. The van der Waals surface area contributed by atoms with E-state index in [0.29, 0.717) is 41.3 Å². The minimum atomic E-state index is -0.161. The summed E-state index contributed by atoms with van der Waals surface area (Å²) in [7, 11) is 0. The highest BCUT2D eigenvalue weighted by atomic mass is 32.1. The highest BCUT2D eigenvalue weighted by Crippen LogP contribution is 2.29. The van der Waals surface area contributed by atoms with Crippen LogP contribution in [0.2, 0.25) is 0 Å². The Morgan fingerprint density at radius 1 is 1.09 bits per heavy atom. The van der Waals surface area contributed by atoms with Gasteiger partial charge in [0.15, 0.2) is 10.9 Å². The maximum absolute atomic E-state index is 9.04. The number of fused-ring (bicyclic) bond motifs is 1. The van der Waals surface area contributed by atoms with Gasteiger partial charge in [0.25, 0.3) is 0 Å². The maximum Gasteiger partial charge on any atom is 0.223 e. The van der Waals surface area contributed by atoms with E-state index in [4.69, 9.17) is 31.4 Å². The van der Waals surface area contributed by atoms with E-state index in [9.17, 15) is 0 Å². The van der Waals surface area contributed by atoms with E-state index in [1.165, 1.54) is 0 Å². The summed E-state index contributed by atoms with van der Waals surface area (Å²) in [5.41, 5.74) is 2.01. The molecule has 3 N–H and O–H groups in total. The minimum absolute atomic E-state index is 0.0903. The molecule has 10 heteroatoms. The predicted octanol–water partition coefficient (Wildman–Crippen LogP) is 2.54. The fourth-order valence-corrected chi connectivity index (χ4v) is 4.17. The molecule has 2 aromatic heterocycles. The Kier molecular flexibility index (Phi) is 5.68. The second-order valence-corrected chi connectivity index (χ2v) is 7.90. The molecule has 0 spiro atoms. The van der Waals surface area contributed by atoms with E-state index in [1.807, 2.05) is 18.2 Å². The Hall–Kier alpha value is -3.52. The molecule has 3 aromatic rings. The summed E-state index contributed by atoms with van der Waals surface area (Å²) in [6.45, 7) is 0.924. The molecule has 4 atom stereocenters. The van der Waals surface area contributed by atoms with Gasteiger partial charge in [0, 0.05) is 11.9 Å². The molecule has 1 aromatic carbocycles. The quantitative estimate of drug-likeness (QED) is 0.503. The van der Waals surface area contributed by atoms with E-state index in [2.05, 4.69) is 32.0 Å². The van der Waals surface area contributed by atoms with Crippen LogP contribution >= 0.6 is 12.2 Å². The number of ether oxygens (including phenoxy) is 2. The number of thiocarbonyl (C=S) groups is 1. The van der Waals surface area contributed by atoms with Crippen LogP contribution in [0, 0.1) is 11.3 Å². The summed E-state index contributed by atoms with van der Waals surface area (Å²) in [5, 5.41) is 19.2. The molecule has 162 valence electrons. The van der Waals surface area contributed by atoms with E-state index in [-0.39, 0.29) is 24.3 Å². The van der Waals surface area contributed by atoms with Gasteiger partial charge in [-0.2, -0.15) is 5.26 Å². The number of furan rings is 1. The van der Waals surface area contributed by atoms with Gasteiger partial charge < -0.3 is 29.8 Å². The molecule has 2 aliphatic heterocycles. The first-order chi connectivity index (χ1) is 15.7. The lowest BCUT2D eigenvalue weighted by atomic mass is 10.1. The first kappa shape index (κ1) is 20.4. The number of hydrogen-bond acceptors (Lipinski definition) is 8. The molecule has 2 saturated heterocycles. The number of nitrogens with one attached hydrogen (secondary N) is 3. The van der Waals surface area contributed by atoms with E-state index in [1.54, 1.807) is 36.7 Å². The van der Waals surface area contributed by atoms with Gasteiger partial charge in [-0.25, -0.2) is 9.97 Å². The van der Waals surface area contributed by atoms with Crippen molar-refractivity contribution in [2.24, 2.45) is 0 Å². The number of benzene rings is 1. The Balaban J connectivity index is 1.19. The van der Waals surface area contributed by atoms with Crippen LogP contribution in [0.25, 0.3) is 11.5 Å². The molecule has 4 heterocycles. The average molecular weight is 449 g/mol. The second-order valence-electron chi connectivity index (χ2n) is 7.49. The molecule has 2 fully saturated rings. The van der Waals surface area contributed by atoms with Crippen molar-refractivity contribution in [3.05, 3.63) is 60.5 Å². The van der Waals surface area contributed by atoms with Gasteiger partial charge in [0.1, 0.15) is 17.9 Å². The number of nitrogens with zero attached hydrogens (tertiary/aromatic N) is 3. The van der Waals surface area contributed by atoms with E-state index < -0.39 is 0 Å². The monoisotopic (exact) mass is 448 g/mol. The summed E-state index contributed by atoms with van der Waals surface area (Å²) >= 11 is 5.44. The van der Waals surface area contributed by atoms with Crippen LogP contribution < -0.4 is 16.0 Å². The highest BCUT2D eigenvalue weighted by molar-refractivity contribution is 7.80. The average Bonchev–Trinajstić information content (AvgIpc) is 3.55. The van der Waals surface area contributed by atoms with Crippen LogP contribution in [0.5, 0.6) is 0 Å². The van der Waals surface area contributed by atoms with Gasteiger partial charge >= 0.3 is 0 Å². The van der Waals surface area contributed by atoms with Crippen molar-refractivity contribution in [2.75, 3.05) is 23.8 Å². The van der Waals surface area contributed by atoms with Gasteiger partial charge in [0.2, 0.25) is 5.95 Å². The van der Waals surface area contributed by atoms with Gasteiger partial charge in [-0.3, -0.25) is 0 Å². The molecule has 2 aliphatic rings. The largest absolute Gasteiger partial charge is 0.463 e. The summed E-state index contributed by atoms with van der Waals surface area (Å²) in [4.78, 5) is 8.84. The molecule has 32 heavy (non-hydrogen) atoms. The van der Waals surface area contributed by atoms with Gasteiger partial charge in [0.05, 0.1) is 43.2 Å². The van der Waals surface area contributed by atoms with Crippen LogP contribution in [-0.4, -0.2) is 52.6 Å². The molecule has 0 radical (unpaired) electrons. The zero-order valence-corrected chi connectivity index (χ0v) is 17.7. The van der Waals surface area contributed by atoms with E-state index >= 15 is 0 Å². The molecule has 0 bridgehead atoms. The Bertz CT molecular complexity index is 1150.